The van der Waals surface area contributed by atoms with Crippen LogP contribution in [0.3, 0.4) is 0 Å². The molecule has 0 unspecified atom stereocenters. The summed E-state index contributed by atoms with van der Waals surface area (Å²) in [6.45, 7) is 7.94. The van der Waals surface area contributed by atoms with Crippen LogP contribution >= 0.6 is 0 Å². The second-order valence-electron chi connectivity index (χ2n) is 6.28. The van der Waals surface area contributed by atoms with Gasteiger partial charge >= 0.3 is 0 Å². The molecule has 0 atom stereocenters. The van der Waals surface area contributed by atoms with Crippen LogP contribution in [-0.2, 0) is 0 Å². The smallest absolute Gasteiger partial charge is 0.182 e. The lowest BCUT2D eigenvalue weighted by molar-refractivity contribution is 0.891. The van der Waals surface area contributed by atoms with Crippen molar-refractivity contribution in [1.29, 1.82) is 0 Å². The van der Waals surface area contributed by atoms with Gasteiger partial charge < -0.3 is 4.40 Å². The van der Waals surface area contributed by atoms with E-state index in [1.165, 1.54) is 18.5 Å². The lowest BCUT2D eigenvalue weighted by atomic mass is 10.2. The van der Waals surface area contributed by atoms with Crippen LogP contribution in [0, 0.1) is 13.8 Å². The molecule has 1 saturated carbocycles. The Hall–Kier alpha value is -2.76. The van der Waals surface area contributed by atoms with Gasteiger partial charge in [0.25, 0.3) is 0 Å². The van der Waals surface area contributed by atoms with Crippen molar-refractivity contribution in [3.63, 3.8) is 0 Å². The van der Waals surface area contributed by atoms with Crippen molar-refractivity contribution in [2.24, 2.45) is 0 Å². The van der Waals surface area contributed by atoms with Crippen molar-refractivity contribution < 1.29 is 0 Å². The summed E-state index contributed by atoms with van der Waals surface area (Å²) < 4.78 is 3.92. The van der Waals surface area contributed by atoms with Gasteiger partial charge in [0.1, 0.15) is 5.65 Å². The van der Waals surface area contributed by atoms with Gasteiger partial charge in [0.2, 0.25) is 0 Å². The molecule has 5 rings (SSSR count). The molecule has 6 heteroatoms. The van der Waals surface area contributed by atoms with Crippen molar-refractivity contribution in [2.45, 2.75) is 46.5 Å². The van der Waals surface area contributed by atoms with E-state index in [0.29, 0.717) is 11.7 Å². The molecular formula is C19H22N6. The SMILES string of the molecule is CC.Cc1ncc(C)n2nc(-c3ccn4cc(C5CC5)nc4c3)nc12. The highest BCUT2D eigenvalue weighted by Crippen LogP contribution is 2.39. The largest absolute Gasteiger partial charge is 0.307 e. The predicted octanol–water partition coefficient (Wildman–Crippen LogP) is 3.96. The maximum atomic E-state index is 4.74. The van der Waals surface area contributed by atoms with E-state index in [-0.39, 0.29) is 0 Å². The molecule has 6 nitrogen and oxygen atoms in total. The zero-order chi connectivity index (χ0) is 17.6. The van der Waals surface area contributed by atoms with E-state index in [1.54, 1.807) is 0 Å². The minimum absolute atomic E-state index is 0.656. The zero-order valence-corrected chi connectivity index (χ0v) is 15.1. The molecule has 0 aromatic carbocycles. The van der Waals surface area contributed by atoms with Crippen LogP contribution in [-0.4, -0.2) is 29.0 Å². The Morgan fingerprint density at radius 3 is 2.64 bits per heavy atom. The van der Waals surface area contributed by atoms with Gasteiger partial charge in [-0.3, -0.25) is 4.98 Å². The molecule has 128 valence electrons. The van der Waals surface area contributed by atoms with Crippen molar-refractivity contribution in [3.05, 3.63) is 47.8 Å². The second-order valence-corrected chi connectivity index (χ2v) is 6.28. The lowest BCUT2D eigenvalue weighted by Gasteiger charge is -1.98. The molecule has 0 spiro atoms. The maximum Gasteiger partial charge on any atom is 0.182 e. The summed E-state index contributed by atoms with van der Waals surface area (Å²) in [7, 11) is 0. The summed E-state index contributed by atoms with van der Waals surface area (Å²) in [5, 5.41) is 4.63. The first-order valence-electron chi connectivity index (χ1n) is 8.87. The number of aromatic nitrogens is 6. The highest BCUT2D eigenvalue weighted by Gasteiger charge is 2.26. The van der Waals surface area contributed by atoms with Crippen LogP contribution in [0.5, 0.6) is 0 Å². The molecular weight excluding hydrogens is 312 g/mol. The molecule has 1 aliphatic carbocycles. The zero-order valence-electron chi connectivity index (χ0n) is 15.1. The molecule has 0 radical (unpaired) electrons. The van der Waals surface area contributed by atoms with Gasteiger partial charge in [0.15, 0.2) is 11.5 Å². The number of nitrogens with zero attached hydrogens (tertiary/aromatic N) is 6. The van der Waals surface area contributed by atoms with Crippen LogP contribution in [0.2, 0.25) is 0 Å². The summed E-state index contributed by atoms with van der Waals surface area (Å²) in [6.07, 6.45) is 8.51. The maximum absolute atomic E-state index is 4.74. The quantitative estimate of drug-likeness (QED) is 0.557. The molecule has 4 aromatic rings. The van der Waals surface area contributed by atoms with Crippen LogP contribution in [0.4, 0.5) is 0 Å². The van der Waals surface area contributed by atoms with Gasteiger partial charge in [-0.25, -0.2) is 14.5 Å². The van der Waals surface area contributed by atoms with Crippen LogP contribution < -0.4 is 0 Å². The molecule has 0 N–H and O–H groups in total. The van der Waals surface area contributed by atoms with Gasteiger partial charge in [-0.1, -0.05) is 13.8 Å². The Bertz CT molecular complexity index is 1020. The van der Waals surface area contributed by atoms with Crippen molar-refractivity contribution in [1.82, 2.24) is 29.0 Å². The molecule has 0 saturated heterocycles. The molecule has 25 heavy (non-hydrogen) atoms. The minimum Gasteiger partial charge on any atom is -0.307 e. The number of aryl methyl sites for hydroxylation is 2. The Labute approximate surface area is 146 Å². The predicted molar refractivity (Wildman–Crippen MR) is 97.8 cm³/mol. The standard InChI is InChI=1S/C17H16N6.C2H6/c1-10-8-18-11(2)17-20-16(21-23(10)17)13-5-6-22-9-14(12-3-4-12)19-15(22)7-13;1-2/h5-9,12H,3-4H2,1-2H3;1-2H3. The van der Waals surface area contributed by atoms with E-state index in [1.807, 2.05) is 50.7 Å². The molecule has 4 heterocycles. The number of hydrogen-bond donors (Lipinski definition) is 0. The first-order valence-corrected chi connectivity index (χ1v) is 8.87. The third kappa shape index (κ3) is 2.67. The first-order chi connectivity index (χ1) is 12.2. The van der Waals surface area contributed by atoms with E-state index >= 15 is 0 Å². The van der Waals surface area contributed by atoms with Crippen molar-refractivity contribution in [2.75, 3.05) is 0 Å². The molecule has 0 amide bonds. The normalized spacial score (nSPS) is 13.9. The number of imidazole rings is 1. The first kappa shape index (κ1) is 15.7. The van der Waals surface area contributed by atoms with Gasteiger partial charge in [-0.05, 0) is 38.8 Å². The topological polar surface area (TPSA) is 60.4 Å². The third-order valence-electron chi connectivity index (χ3n) is 4.44. The number of hydrogen-bond acceptors (Lipinski definition) is 4. The fourth-order valence-corrected chi connectivity index (χ4v) is 2.93. The molecule has 0 aliphatic heterocycles. The van der Waals surface area contributed by atoms with Gasteiger partial charge in [0.05, 0.1) is 17.1 Å². The van der Waals surface area contributed by atoms with Crippen LogP contribution in [0.25, 0.3) is 22.7 Å². The number of fused-ring (bicyclic) bond motifs is 2. The van der Waals surface area contributed by atoms with Gasteiger partial charge in [-0.2, -0.15) is 0 Å². The third-order valence-corrected chi connectivity index (χ3v) is 4.44. The molecule has 0 bridgehead atoms. The fraction of sp³-hybridized carbons (Fsp3) is 0.368. The molecule has 1 fully saturated rings. The number of pyridine rings is 1. The monoisotopic (exact) mass is 334 g/mol. The van der Waals surface area contributed by atoms with Gasteiger partial charge in [0, 0.05) is 30.1 Å². The average Bonchev–Trinajstić information content (AvgIpc) is 3.23. The van der Waals surface area contributed by atoms with E-state index in [9.17, 15) is 0 Å². The summed E-state index contributed by atoms with van der Waals surface area (Å²) in [6, 6.07) is 4.09. The van der Waals surface area contributed by atoms with E-state index < -0.39 is 0 Å². The average molecular weight is 334 g/mol. The van der Waals surface area contributed by atoms with E-state index in [2.05, 4.69) is 31.7 Å². The summed E-state index contributed by atoms with van der Waals surface area (Å²) in [4.78, 5) is 13.7. The summed E-state index contributed by atoms with van der Waals surface area (Å²) in [5.41, 5.74) is 5.79. The Morgan fingerprint density at radius 2 is 1.92 bits per heavy atom. The molecule has 4 aromatic heterocycles. The molecule has 1 aliphatic rings. The highest BCUT2D eigenvalue weighted by atomic mass is 15.3. The van der Waals surface area contributed by atoms with Crippen molar-refractivity contribution in [3.8, 4) is 11.4 Å². The lowest BCUT2D eigenvalue weighted by Crippen LogP contribution is -1.97. The summed E-state index contributed by atoms with van der Waals surface area (Å²) in [5.74, 6) is 1.37. The van der Waals surface area contributed by atoms with E-state index in [0.717, 1.165) is 28.2 Å². The van der Waals surface area contributed by atoms with Crippen LogP contribution in [0.1, 0.15) is 49.7 Å². The van der Waals surface area contributed by atoms with Crippen LogP contribution in [0.15, 0.2) is 30.7 Å². The Morgan fingerprint density at radius 1 is 1.12 bits per heavy atom. The Kier molecular flexibility index (Phi) is 3.75. The Balaban J connectivity index is 0.000000758. The minimum atomic E-state index is 0.656. The number of rotatable bonds is 2. The fourth-order valence-electron chi connectivity index (χ4n) is 2.93. The second kappa shape index (κ2) is 5.95. The van der Waals surface area contributed by atoms with Crippen molar-refractivity contribution >= 4 is 11.3 Å². The highest BCUT2D eigenvalue weighted by molar-refractivity contribution is 5.64. The van der Waals surface area contributed by atoms with E-state index in [4.69, 9.17) is 4.98 Å². The van der Waals surface area contributed by atoms with Gasteiger partial charge in [-0.15, -0.1) is 5.10 Å². The summed E-state index contributed by atoms with van der Waals surface area (Å²) >= 11 is 0.